The second kappa shape index (κ2) is 6.49. The molecule has 0 aliphatic carbocycles. The zero-order valence-electron chi connectivity index (χ0n) is 12.8. The lowest BCUT2D eigenvalue weighted by atomic mass is 9.91. The van der Waals surface area contributed by atoms with Gasteiger partial charge in [0.25, 0.3) is 0 Å². The molecule has 0 fully saturated rings. The molecule has 129 valence electrons. The van der Waals surface area contributed by atoms with Crippen LogP contribution in [-0.2, 0) is 12.4 Å². The second-order valence-electron chi connectivity index (χ2n) is 5.54. The third kappa shape index (κ3) is 3.74. The van der Waals surface area contributed by atoms with Crippen LogP contribution < -0.4 is 0 Å². The zero-order valence-corrected chi connectivity index (χ0v) is 12.8. The highest BCUT2D eigenvalue weighted by atomic mass is 19.4. The molecule has 0 aliphatic rings. The Labute approximate surface area is 136 Å². The van der Waals surface area contributed by atoms with Crippen LogP contribution in [0.2, 0.25) is 0 Å². The first-order chi connectivity index (χ1) is 11.1. The summed E-state index contributed by atoms with van der Waals surface area (Å²) in [5.41, 5.74) is -2.98. The SMILES string of the molecule is [CH2]CC(C)c1cccc(-c2cccc(C(F)(F)F)c2C(F)(F)F)c1. The lowest BCUT2D eigenvalue weighted by molar-refractivity contribution is -0.161. The first kappa shape index (κ1) is 18.4. The maximum Gasteiger partial charge on any atom is 0.417 e. The molecule has 0 saturated heterocycles. The van der Waals surface area contributed by atoms with Crippen LogP contribution in [0.5, 0.6) is 0 Å². The Bertz CT molecular complexity index is 712. The predicted octanol–water partition coefficient (Wildman–Crippen LogP) is 6.72. The first-order valence-electron chi connectivity index (χ1n) is 7.22. The molecule has 1 atom stereocenters. The van der Waals surface area contributed by atoms with Crippen molar-refractivity contribution in [3.05, 3.63) is 66.1 Å². The summed E-state index contributed by atoms with van der Waals surface area (Å²) in [7, 11) is 0. The molecule has 0 amide bonds. The van der Waals surface area contributed by atoms with E-state index in [1.165, 1.54) is 18.2 Å². The van der Waals surface area contributed by atoms with E-state index in [1.54, 1.807) is 6.07 Å². The third-order valence-corrected chi connectivity index (χ3v) is 3.85. The Morgan fingerprint density at radius 2 is 1.54 bits per heavy atom. The van der Waals surface area contributed by atoms with E-state index in [0.29, 0.717) is 12.5 Å². The van der Waals surface area contributed by atoms with Crippen LogP contribution in [0.3, 0.4) is 0 Å². The molecule has 24 heavy (non-hydrogen) atoms. The Kier molecular flexibility index (Phi) is 4.97. The minimum absolute atomic E-state index is 0.00918. The van der Waals surface area contributed by atoms with Gasteiger partial charge in [0.15, 0.2) is 0 Å². The first-order valence-corrected chi connectivity index (χ1v) is 7.22. The number of rotatable bonds is 3. The molecular formula is C18H15F6. The molecule has 0 heterocycles. The van der Waals surface area contributed by atoms with Crippen molar-refractivity contribution in [3.63, 3.8) is 0 Å². The van der Waals surface area contributed by atoms with Crippen LogP contribution in [0.15, 0.2) is 42.5 Å². The molecule has 0 N–H and O–H groups in total. The molecule has 0 nitrogen and oxygen atoms in total. The number of alkyl halides is 6. The van der Waals surface area contributed by atoms with Gasteiger partial charge >= 0.3 is 12.4 Å². The second-order valence-corrected chi connectivity index (χ2v) is 5.54. The van der Waals surface area contributed by atoms with Crippen LogP contribution in [0.4, 0.5) is 26.3 Å². The van der Waals surface area contributed by atoms with Crippen molar-refractivity contribution in [3.8, 4) is 11.1 Å². The number of halogens is 6. The summed E-state index contributed by atoms with van der Waals surface area (Å²) in [6.45, 7) is 5.59. The Morgan fingerprint density at radius 3 is 2.08 bits per heavy atom. The average Bonchev–Trinajstić information content (AvgIpc) is 2.52. The molecule has 2 aromatic rings. The van der Waals surface area contributed by atoms with Crippen molar-refractivity contribution < 1.29 is 26.3 Å². The lowest BCUT2D eigenvalue weighted by Crippen LogP contribution is -2.17. The fourth-order valence-electron chi connectivity index (χ4n) is 2.51. The molecule has 2 rings (SSSR count). The molecular weight excluding hydrogens is 330 g/mol. The van der Waals surface area contributed by atoms with Crippen molar-refractivity contribution in [2.45, 2.75) is 31.6 Å². The summed E-state index contributed by atoms with van der Waals surface area (Å²) in [6, 6.07) is 8.63. The third-order valence-electron chi connectivity index (χ3n) is 3.85. The van der Waals surface area contributed by atoms with E-state index in [4.69, 9.17) is 0 Å². The van der Waals surface area contributed by atoms with Crippen molar-refractivity contribution in [2.24, 2.45) is 0 Å². The van der Waals surface area contributed by atoms with Crippen LogP contribution in [-0.4, -0.2) is 0 Å². The Hall–Kier alpha value is -1.98. The van der Waals surface area contributed by atoms with Crippen LogP contribution in [0.25, 0.3) is 11.1 Å². The molecule has 1 radical (unpaired) electrons. The lowest BCUT2D eigenvalue weighted by Gasteiger charge is -2.20. The van der Waals surface area contributed by atoms with Crippen LogP contribution in [0, 0.1) is 6.92 Å². The molecule has 0 saturated carbocycles. The van der Waals surface area contributed by atoms with E-state index in [0.717, 1.165) is 17.7 Å². The Balaban J connectivity index is 2.72. The van der Waals surface area contributed by atoms with Gasteiger partial charge in [-0.15, -0.1) is 0 Å². The van der Waals surface area contributed by atoms with Crippen molar-refractivity contribution >= 4 is 0 Å². The van der Waals surface area contributed by atoms with Gasteiger partial charge in [-0.1, -0.05) is 50.2 Å². The summed E-state index contributed by atoms with van der Waals surface area (Å²) in [6.07, 6.45) is -9.67. The van der Waals surface area contributed by atoms with Crippen molar-refractivity contribution in [1.82, 2.24) is 0 Å². The predicted molar refractivity (Wildman–Crippen MR) is 80.3 cm³/mol. The van der Waals surface area contributed by atoms with Crippen LogP contribution in [0.1, 0.15) is 36.0 Å². The minimum Gasteiger partial charge on any atom is -0.166 e. The minimum atomic E-state index is -5.12. The van der Waals surface area contributed by atoms with E-state index in [9.17, 15) is 26.3 Å². The summed E-state index contributed by atoms with van der Waals surface area (Å²) in [5, 5.41) is 0. The monoisotopic (exact) mass is 345 g/mol. The van der Waals surface area contributed by atoms with Gasteiger partial charge in [0.05, 0.1) is 11.1 Å². The van der Waals surface area contributed by atoms with Crippen molar-refractivity contribution in [1.29, 1.82) is 0 Å². The fourth-order valence-corrected chi connectivity index (χ4v) is 2.51. The van der Waals surface area contributed by atoms with Gasteiger partial charge in [-0.05, 0) is 35.1 Å². The summed E-state index contributed by atoms with van der Waals surface area (Å²) in [5.74, 6) is -0.00918. The van der Waals surface area contributed by atoms with E-state index in [1.807, 2.05) is 6.92 Å². The highest BCUT2D eigenvalue weighted by molar-refractivity contribution is 5.70. The number of hydrogen-bond donors (Lipinski definition) is 0. The normalized spacial score (nSPS) is 13.8. The average molecular weight is 345 g/mol. The molecule has 1 unspecified atom stereocenters. The molecule has 0 aromatic heterocycles. The van der Waals surface area contributed by atoms with Gasteiger partial charge in [0.1, 0.15) is 0 Å². The van der Waals surface area contributed by atoms with Gasteiger partial charge in [-0.3, -0.25) is 0 Å². The fraction of sp³-hybridized carbons (Fsp3) is 0.278. The highest BCUT2D eigenvalue weighted by Gasteiger charge is 2.44. The van der Waals surface area contributed by atoms with Crippen LogP contribution >= 0.6 is 0 Å². The van der Waals surface area contributed by atoms with E-state index in [-0.39, 0.29) is 11.5 Å². The number of benzene rings is 2. The molecule has 0 aliphatic heterocycles. The smallest absolute Gasteiger partial charge is 0.166 e. The Morgan fingerprint density at radius 1 is 0.917 bits per heavy atom. The zero-order chi connectivity index (χ0) is 18.1. The molecule has 0 spiro atoms. The molecule has 6 heteroatoms. The quantitative estimate of drug-likeness (QED) is 0.542. The van der Waals surface area contributed by atoms with Gasteiger partial charge in [0.2, 0.25) is 0 Å². The van der Waals surface area contributed by atoms with E-state index in [2.05, 4.69) is 6.92 Å². The molecule has 2 aromatic carbocycles. The number of hydrogen-bond acceptors (Lipinski definition) is 0. The summed E-state index contributed by atoms with van der Waals surface area (Å²) in [4.78, 5) is 0. The largest absolute Gasteiger partial charge is 0.417 e. The molecule has 0 bridgehead atoms. The maximum absolute atomic E-state index is 13.3. The van der Waals surface area contributed by atoms with E-state index >= 15 is 0 Å². The van der Waals surface area contributed by atoms with Gasteiger partial charge < -0.3 is 0 Å². The van der Waals surface area contributed by atoms with Gasteiger partial charge in [-0.2, -0.15) is 26.3 Å². The van der Waals surface area contributed by atoms with E-state index < -0.39 is 29.0 Å². The van der Waals surface area contributed by atoms with Gasteiger partial charge in [0, 0.05) is 0 Å². The topological polar surface area (TPSA) is 0 Å². The summed E-state index contributed by atoms with van der Waals surface area (Å²) >= 11 is 0. The highest BCUT2D eigenvalue weighted by Crippen LogP contribution is 2.45. The van der Waals surface area contributed by atoms with Crippen molar-refractivity contribution in [2.75, 3.05) is 0 Å². The summed E-state index contributed by atoms with van der Waals surface area (Å²) < 4.78 is 79.1. The maximum atomic E-state index is 13.3. The standard InChI is InChI=1S/C18H15F6/c1-3-11(2)12-6-4-7-13(10-12)14-8-5-9-15(17(19,20)21)16(14)18(22,23)24/h4-11H,1,3H2,2H3. The van der Waals surface area contributed by atoms with Gasteiger partial charge in [-0.25, -0.2) is 0 Å².